The van der Waals surface area contributed by atoms with Crippen LogP contribution in [0, 0.1) is 12.3 Å². The molecule has 0 aromatic carbocycles. The van der Waals surface area contributed by atoms with Crippen molar-refractivity contribution in [2.45, 2.75) is 17.9 Å². The summed E-state index contributed by atoms with van der Waals surface area (Å²) < 4.78 is 5.24. The van der Waals surface area contributed by atoms with Crippen LogP contribution in [-0.2, 0) is 5.75 Å². The van der Waals surface area contributed by atoms with Crippen molar-refractivity contribution in [1.29, 1.82) is 5.41 Å². The average molecular weight is 249 g/mol. The molecule has 0 aliphatic heterocycles. The maximum Gasteiger partial charge on any atom is 0.276 e. The second-order valence-electron chi connectivity index (χ2n) is 3.30. The van der Waals surface area contributed by atoms with E-state index in [0.717, 1.165) is 5.56 Å². The van der Waals surface area contributed by atoms with Crippen molar-refractivity contribution in [2.75, 3.05) is 0 Å². The van der Waals surface area contributed by atoms with Crippen molar-refractivity contribution in [3.8, 4) is 0 Å². The lowest BCUT2D eigenvalue weighted by Gasteiger charge is -2.04. The van der Waals surface area contributed by atoms with Crippen LogP contribution < -0.4 is 5.73 Å². The molecule has 0 spiro atoms. The van der Waals surface area contributed by atoms with Gasteiger partial charge in [0.1, 0.15) is 11.5 Å². The van der Waals surface area contributed by atoms with E-state index in [4.69, 9.17) is 15.6 Å². The maximum absolute atomic E-state index is 7.42. The highest BCUT2D eigenvalue weighted by Gasteiger charge is 2.09. The highest BCUT2D eigenvalue weighted by Crippen LogP contribution is 2.22. The topological polar surface area (TPSA) is 102 Å². The molecule has 0 amide bonds. The fourth-order valence-corrected chi connectivity index (χ4v) is 2.06. The fraction of sp³-hybridized carbons (Fsp3) is 0.200. The van der Waals surface area contributed by atoms with E-state index in [1.54, 1.807) is 19.2 Å². The summed E-state index contributed by atoms with van der Waals surface area (Å²) in [5.74, 6) is 1.08. The van der Waals surface area contributed by atoms with Gasteiger partial charge >= 0.3 is 0 Å². The number of nitrogens with two attached hydrogens (primary N) is 1. The van der Waals surface area contributed by atoms with Crippen LogP contribution in [0.3, 0.4) is 0 Å². The number of hydrogen-bond acceptors (Lipinski definition) is 6. The van der Waals surface area contributed by atoms with E-state index in [0.29, 0.717) is 22.6 Å². The Kier molecular flexibility index (Phi) is 3.38. The van der Waals surface area contributed by atoms with E-state index >= 15 is 0 Å². The zero-order chi connectivity index (χ0) is 12.3. The second-order valence-corrected chi connectivity index (χ2v) is 4.23. The Morgan fingerprint density at radius 1 is 1.53 bits per heavy atom. The molecule has 0 unspecified atom stereocenters. The van der Waals surface area contributed by atoms with E-state index in [-0.39, 0.29) is 5.84 Å². The summed E-state index contributed by atoms with van der Waals surface area (Å²) >= 11 is 1.39. The number of pyridine rings is 1. The highest BCUT2D eigenvalue weighted by atomic mass is 32.2. The van der Waals surface area contributed by atoms with Crippen LogP contribution in [0.4, 0.5) is 0 Å². The number of nitrogens with zero attached hydrogens (tertiary/aromatic N) is 3. The minimum Gasteiger partial charge on any atom is -0.416 e. The Bertz CT molecular complexity index is 539. The van der Waals surface area contributed by atoms with E-state index in [1.165, 1.54) is 11.8 Å². The third kappa shape index (κ3) is 2.82. The van der Waals surface area contributed by atoms with Gasteiger partial charge in [0.2, 0.25) is 5.89 Å². The minimum absolute atomic E-state index is 0.0390. The highest BCUT2D eigenvalue weighted by molar-refractivity contribution is 7.98. The van der Waals surface area contributed by atoms with Gasteiger partial charge in [-0.05, 0) is 11.6 Å². The van der Waals surface area contributed by atoms with Gasteiger partial charge < -0.3 is 10.2 Å². The molecule has 2 rings (SSSR count). The van der Waals surface area contributed by atoms with Crippen LogP contribution in [0.15, 0.2) is 28.0 Å². The Balaban J connectivity index is 2.11. The summed E-state index contributed by atoms with van der Waals surface area (Å²) in [7, 11) is 0. The standard InChI is InChI=1S/C10H11N5OS/c1-6-14-15-10(16-6)17-5-7-3-2-4-13-8(7)9(11)12/h2-4H,5H2,1H3,(H3,11,12). The molecular weight excluding hydrogens is 238 g/mol. The molecule has 2 aromatic heterocycles. The molecule has 0 bridgehead atoms. The van der Waals surface area contributed by atoms with Crippen LogP contribution in [0.5, 0.6) is 0 Å². The smallest absolute Gasteiger partial charge is 0.276 e. The molecule has 0 atom stereocenters. The summed E-state index contributed by atoms with van der Waals surface area (Å²) in [6.45, 7) is 1.74. The van der Waals surface area contributed by atoms with Gasteiger partial charge in [0, 0.05) is 18.9 Å². The average Bonchev–Trinajstić information content (AvgIpc) is 2.73. The zero-order valence-electron chi connectivity index (χ0n) is 9.17. The molecule has 6 nitrogen and oxygen atoms in total. The molecule has 7 heteroatoms. The fourth-order valence-electron chi connectivity index (χ4n) is 1.27. The Morgan fingerprint density at radius 2 is 2.35 bits per heavy atom. The lowest BCUT2D eigenvalue weighted by Crippen LogP contribution is -2.15. The van der Waals surface area contributed by atoms with Crippen LogP contribution in [0.1, 0.15) is 17.1 Å². The number of aryl methyl sites for hydroxylation is 1. The first-order valence-corrected chi connectivity index (χ1v) is 5.86. The largest absolute Gasteiger partial charge is 0.416 e. The quantitative estimate of drug-likeness (QED) is 0.482. The molecule has 2 heterocycles. The molecular formula is C10H11N5OS. The van der Waals surface area contributed by atoms with Gasteiger partial charge in [0.25, 0.3) is 5.22 Å². The molecule has 0 aliphatic carbocycles. The van der Waals surface area contributed by atoms with E-state index in [2.05, 4.69) is 15.2 Å². The van der Waals surface area contributed by atoms with Gasteiger partial charge in [-0.15, -0.1) is 10.2 Å². The molecule has 3 N–H and O–H groups in total. The number of hydrogen-bond donors (Lipinski definition) is 2. The molecule has 0 saturated heterocycles. The number of rotatable bonds is 4. The lowest BCUT2D eigenvalue weighted by molar-refractivity contribution is 0.429. The first-order chi connectivity index (χ1) is 8.16. The zero-order valence-corrected chi connectivity index (χ0v) is 9.99. The van der Waals surface area contributed by atoms with Crippen LogP contribution >= 0.6 is 11.8 Å². The SMILES string of the molecule is Cc1nnc(SCc2cccnc2C(=N)N)o1. The van der Waals surface area contributed by atoms with Crippen molar-refractivity contribution in [3.63, 3.8) is 0 Å². The van der Waals surface area contributed by atoms with E-state index < -0.39 is 0 Å². The van der Waals surface area contributed by atoms with Gasteiger partial charge in [-0.3, -0.25) is 10.4 Å². The van der Waals surface area contributed by atoms with Crippen molar-refractivity contribution in [2.24, 2.45) is 5.73 Å². The molecule has 88 valence electrons. The van der Waals surface area contributed by atoms with Crippen molar-refractivity contribution in [3.05, 3.63) is 35.5 Å². The summed E-state index contributed by atoms with van der Waals surface area (Å²) in [6.07, 6.45) is 1.61. The van der Waals surface area contributed by atoms with Gasteiger partial charge in [-0.1, -0.05) is 17.8 Å². The lowest BCUT2D eigenvalue weighted by atomic mass is 10.2. The Labute approximate surface area is 102 Å². The molecule has 2 aromatic rings. The molecule has 0 aliphatic rings. The number of nitrogen functional groups attached to an aromatic ring is 1. The summed E-state index contributed by atoms with van der Waals surface area (Å²) in [5.41, 5.74) is 6.82. The summed E-state index contributed by atoms with van der Waals surface area (Å²) in [4.78, 5) is 4.07. The predicted octanol–water partition coefficient (Wildman–Crippen LogP) is 1.35. The Morgan fingerprint density at radius 3 is 3.00 bits per heavy atom. The van der Waals surface area contributed by atoms with Gasteiger partial charge in [-0.2, -0.15) is 0 Å². The normalized spacial score (nSPS) is 10.4. The molecule has 0 radical (unpaired) electrons. The van der Waals surface area contributed by atoms with Crippen LogP contribution in [-0.4, -0.2) is 21.0 Å². The van der Waals surface area contributed by atoms with Crippen LogP contribution in [0.25, 0.3) is 0 Å². The number of amidine groups is 1. The van der Waals surface area contributed by atoms with Gasteiger partial charge in [-0.25, -0.2) is 0 Å². The number of aromatic nitrogens is 3. The van der Waals surface area contributed by atoms with E-state index in [9.17, 15) is 0 Å². The second kappa shape index (κ2) is 4.96. The number of thioether (sulfide) groups is 1. The maximum atomic E-state index is 7.42. The first-order valence-electron chi connectivity index (χ1n) is 4.88. The van der Waals surface area contributed by atoms with Gasteiger partial charge in [0.15, 0.2) is 0 Å². The van der Waals surface area contributed by atoms with E-state index in [1.807, 2.05) is 6.07 Å². The van der Waals surface area contributed by atoms with Crippen LogP contribution in [0.2, 0.25) is 0 Å². The van der Waals surface area contributed by atoms with Crippen molar-refractivity contribution < 1.29 is 4.42 Å². The monoisotopic (exact) mass is 249 g/mol. The summed E-state index contributed by atoms with van der Waals surface area (Å²) in [5, 5.41) is 15.5. The first kappa shape index (κ1) is 11.6. The molecule has 0 saturated carbocycles. The van der Waals surface area contributed by atoms with Gasteiger partial charge in [0.05, 0.1) is 0 Å². The molecule has 0 fully saturated rings. The predicted molar refractivity (Wildman–Crippen MR) is 63.8 cm³/mol. The summed E-state index contributed by atoms with van der Waals surface area (Å²) in [6, 6.07) is 3.68. The van der Waals surface area contributed by atoms with Crippen molar-refractivity contribution >= 4 is 17.6 Å². The Hall–Kier alpha value is -1.89. The third-order valence-corrected chi connectivity index (χ3v) is 2.87. The number of nitrogens with one attached hydrogen (secondary N) is 1. The minimum atomic E-state index is -0.0390. The third-order valence-electron chi connectivity index (χ3n) is 2.01. The molecule has 17 heavy (non-hydrogen) atoms. The van der Waals surface area contributed by atoms with Crippen molar-refractivity contribution in [1.82, 2.24) is 15.2 Å².